The first-order valence-electron chi connectivity index (χ1n) is 19.6. The summed E-state index contributed by atoms with van der Waals surface area (Å²) < 4.78 is 5.33. The van der Waals surface area contributed by atoms with Gasteiger partial charge in [-0.05, 0) is 43.4 Å². The molecule has 0 aromatic carbocycles. The zero-order valence-electron chi connectivity index (χ0n) is 30.8. The van der Waals surface area contributed by atoms with E-state index in [-0.39, 0.29) is 5.41 Å². The van der Waals surface area contributed by atoms with Crippen molar-refractivity contribution < 1.29 is 9.53 Å². The first kappa shape index (κ1) is 42.4. The number of nitrogens with zero attached hydrogens (tertiary/aromatic N) is 1. The third-order valence-corrected chi connectivity index (χ3v) is 9.70. The SMILES string of the molecule is CCCCCCCCCCCCCCN(CCCCCCCCCCCCCC)C(=O)CCC(C)(C)CCC(C)COC. The average Bonchev–Trinajstić information content (AvgIpc) is 2.99. The smallest absolute Gasteiger partial charge is 0.222 e. The number of hydrogen-bond donors (Lipinski definition) is 0. The van der Waals surface area contributed by atoms with Gasteiger partial charge in [0.2, 0.25) is 5.91 Å². The molecule has 0 rings (SSSR count). The predicted octanol–water partition coefficient (Wildman–Crippen LogP) is 13.1. The highest BCUT2D eigenvalue weighted by Gasteiger charge is 2.22. The molecule has 0 N–H and O–H groups in total. The Kier molecular flexibility index (Phi) is 31.0. The van der Waals surface area contributed by atoms with Gasteiger partial charge in [0, 0.05) is 33.2 Å². The fraction of sp³-hybridized carbons (Fsp3) is 0.975. The van der Waals surface area contributed by atoms with E-state index in [1.165, 1.54) is 167 Å². The van der Waals surface area contributed by atoms with E-state index in [2.05, 4.69) is 39.5 Å². The minimum Gasteiger partial charge on any atom is -0.384 e. The van der Waals surface area contributed by atoms with Crippen molar-refractivity contribution in [3.63, 3.8) is 0 Å². The first-order chi connectivity index (χ1) is 20.9. The highest BCUT2D eigenvalue weighted by atomic mass is 16.5. The maximum absolute atomic E-state index is 13.4. The van der Waals surface area contributed by atoms with Crippen molar-refractivity contribution in [3.05, 3.63) is 0 Å². The maximum atomic E-state index is 13.4. The highest BCUT2D eigenvalue weighted by Crippen LogP contribution is 2.30. The molecule has 1 amide bonds. The van der Waals surface area contributed by atoms with Gasteiger partial charge in [-0.15, -0.1) is 0 Å². The topological polar surface area (TPSA) is 29.5 Å². The van der Waals surface area contributed by atoms with Crippen LogP contribution >= 0.6 is 0 Å². The Hall–Kier alpha value is -0.570. The van der Waals surface area contributed by atoms with Crippen molar-refractivity contribution in [1.82, 2.24) is 4.90 Å². The van der Waals surface area contributed by atoms with Crippen LogP contribution in [0.15, 0.2) is 0 Å². The van der Waals surface area contributed by atoms with Crippen molar-refractivity contribution in [3.8, 4) is 0 Å². The number of hydrogen-bond acceptors (Lipinski definition) is 2. The molecule has 0 aromatic rings. The Labute approximate surface area is 272 Å². The lowest BCUT2D eigenvalue weighted by atomic mass is 9.81. The molecule has 0 radical (unpaired) electrons. The van der Waals surface area contributed by atoms with E-state index in [0.717, 1.165) is 26.1 Å². The first-order valence-corrected chi connectivity index (χ1v) is 19.6. The lowest BCUT2D eigenvalue weighted by Gasteiger charge is -2.28. The third-order valence-electron chi connectivity index (χ3n) is 9.70. The number of carbonyl (C=O) groups is 1. The van der Waals surface area contributed by atoms with Crippen LogP contribution in [-0.2, 0) is 9.53 Å². The Bertz CT molecular complexity index is 547. The largest absolute Gasteiger partial charge is 0.384 e. The molecule has 0 aliphatic rings. The highest BCUT2D eigenvalue weighted by molar-refractivity contribution is 5.76. The number of amides is 1. The van der Waals surface area contributed by atoms with Crippen LogP contribution in [0.3, 0.4) is 0 Å². The van der Waals surface area contributed by atoms with Crippen LogP contribution in [0, 0.1) is 11.3 Å². The van der Waals surface area contributed by atoms with Crippen LogP contribution in [0.5, 0.6) is 0 Å². The van der Waals surface area contributed by atoms with Gasteiger partial charge in [0.05, 0.1) is 0 Å². The normalized spacial score (nSPS) is 12.6. The van der Waals surface area contributed by atoms with Gasteiger partial charge in [-0.1, -0.05) is 176 Å². The van der Waals surface area contributed by atoms with Crippen LogP contribution in [0.2, 0.25) is 0 Å². The summed E-state index contributed by atoms with van der Waals surface area (Å²) in [5.74, 6) is 0.997. The summed E-state index contributed by atoms with van der Waals surface area (Å²) >= 11 is 0. The van der Waals surface area contributed by atoms with Gasteiger partial charge in [-0.3, -0.25) is 4.79 Å². The molecule has 0 aliphatic carbocycles. The standard InChI is InChI=1S/C40H81NO2/c1-7-9-11-13-15-17-19-21-23-25-27-29-35-41(36-30-28-26-24-22-20-18-16-14-12-10-8-2)39(42)32-34-40(4,5)33-31-38(3)37-43-6/h38H,7-37H2,1-6H3. The zero-order chi connectivity index (χ0) is 31.9. The van der Waals surface area contributed by atoms with E-state index in [4.69, 9.17) is 4.74 Å². The lowest BCUT2D eigenvalue weighted by Crippen LogP contribution is -2.33. The molecule has 0 saturated heterocycles. The van der Waals surface area contributed by atoms with Gasteiger partial charge < -0.3 is 9.64 Å². The zero-order valence-corrected chi connectivity index (χ0v) is 30.8. The van der Waals surface area contributed by atoms with E-state index in [1.807, 2.05) is 0 Å². The minimum absolute atomic E-state index is 0.218. The van der Waals surface area contributed by atoms with E-state index in [1.54, 1.807) is 7.11 Å². The summed E-state index contributed by atoms with van der Waals surface area (Å²) in [6.45, 7) is 14.3. The summed E-state index contributed by atoms with van der Waals surface area (Å²) in [5, 5.41) is 0. The predicted molar refractivity (Wildman–Crippen MR) is 192 cm³/mol. The second-order valence-corrected chi connectivity index (χ2v) is 14.9. The van der Waals surface area contributed by atoms with Gasteiger partial charge in [0.1, 0.15) is 0 Å². The average molecular weight is 608 g/mol. The van der Waals surface area contributed by atoms with Gasteiger partial charge >= 0.3 is 0 Å². The van der Waals surface area contributed by atoms with Gasteiger partial charge in [0.15, 0.2) is 0 Å². The number of rotatable bonds is 34. The van der Waals surface area contributed by atoms with Crippen molar-refractivity contribution in [2.24, 2.45) is 11.3 Å². The number of carbonyl (C=O) groups excluding carboxylic acids is 1. The Balaban J connectivity index is 4.33. The molecule has 1 atom stereocenters. The number of ether oxygens (including phenoxy) is 1. The minimum atomic E-state index is 0.218. The van der Waals surface area contributed by atoms with Gasteiger partial charge in [0.25, 0.3) is 0 Å². The van der Waals surface area contributed by atoms with E-state index >= 15 is 0 Å². The maximum Gasteiger partial charge on any atom is 0.222 e. The molecule has 3 nitrogen and oxygen atoms in total. The molecule has 43 heavy (non-hydrogen) atoms. The molecular formula is C40H81NO2. The van der Waals surface area contributed by atoms with Crippen molar-refractivity contribution in [2.75, 3.05) is 26.8 Å². The van der Waals surface area contributed by atoms with E-state index in [0.29, 0.717) is 18.2 Å². The Morgan fingerprint density at radius 1 is 0.581 bits per heavy atom. The van der Waals surface area contributed by atoms with Crippen LogP contribution < -0.4 is 0 Å². The van der Waals surface area contributed by atoms with Crippen LogP contribution in [-0.4, -0.2) is 37.6 Å². The second kappa shape index (κ2) is 31.4. The lowest BCUT2D eigenvalue weighted by molar-refractivity contribution is -0.132. The Morgan fingerprint density at radius 3 is 1.28 bits per heavy atom. The number of methoxy groups -OCH3 is 1. The molecule has 258 valence electrons. The second-order valence-electron chi connectivity index (χ2n) is 14.9. The molecule has 0 bridgehead atoms. The summed E-state index contributed by atoms with van der Waals surface area (Å²) in [6, 6.07) is 0. The van der Waals surface area contributed by atoms with Crippen LogP contribution in [0.4, 0.5) is 0 Å². The Morgan fingerprint density at radius 2 is 0.930 bits per heavy atom. The molecule has 0 fully saturated rings. The number of unbranched alkanes of at least 4 members (excludes halogenated alkanes) is 22. The van der Waals surface area contributed by atoms with Crippen molar-refractivity contribution >= 4 is 5.91 Å². The summed E-state index contributed by atoms with van der Waals surface area (Å²) in [4.78, 5) is 15.6. The molecule has 0 aliphatic heterocycles. The molecule has 0 spiro atoms. The van der Waals surface area contributed by atoms with Crippen LogP contribution in [0.25, 0.3) is 0 Å². The summed E-state index contributed by atoms with van der Waals surface area (Å²) in [6.07, 6.45) is 36.9. The molecule has 0 heterocycles. The fourth-order valence-corrected chi connectivity index (χ4v) is 6.38. The molecule has 0 saturated carbocycles. The van der Waals surface area contributed by atoms with E-state index < -0.39 is 0 Å². The van der Waals surface area contributed by atoms with Gasteiger partial charge in [-0.25, -0.2) is 0 Å². The van der Waals surface area contributed by atoms with Crippen LogP contribution in [0.1, 0.15) is 214 Å². The van der Waals surface area contributed by atoms with Gasteiger partial charge in [-0.2, -0.15) is 0 Å². The summed E-state index contributed by atoms with van der Waals surface area (Å²) in [5.41, 5.74) is 0.218. The van der Waals surface area contributed by atoms with Crippen molar-refractivity contribution in [1.29, 1.82) is 0 Å². The van der Waals surface area contributed by atoms with E-state index in [9.17, 15) is 4.79 Å². The fourth-order valence-electron chi connectivity index (χ4n) is 6.38. The molecule has 3 heteroatoms. The molecular weight excluding hydrogens is 526 g/mol. The third kappa shape index (κ3) is 29.9. The monoisotopic (exact) mass is 608 g/mol. The molecule has 0 aromatic heterocycles. The molecule has 1 unspecified atom stereocenters. The summed E-state index contributed by atoms with van der Waals surface area (Å²) in [7, 11) is 1.79. The van der Waals surface area contributed by atoms with Crippen molar-refractivity contribution in [2.45, 2.75) is 214 Å². The quantitative estimate of drug-likeness (QED) is 0.0681.